The van der Waals surface area contributed by atoms with Crippen LogP contribution in [-0.2, 0) is 14.9 Å². The van der Waals surface area contributed by atoms with Crippen molar-refractivity contribution in [3.8, 4) is 11.4 Å². The highest BCUT2D eigenvalue weighted by atomic mass is 16.6. The van der Waals surface area contributed by atoms with Crippen LogP contribution in [0.2, 0.25) is 0 Å². The van der Waals surface area contributed by atoms with Crippen LogP contribution in [0.3, 0.4) is 0 Å². The van der Waals surface area contributed by atoms with Gasteiger partial charge in [0.1, 0.15) is 11.9 Å². The Hall–Kier alpha value is -2.78. The zero-order valence-corrected chi connectivity index (χ0v) is 16.5. The van der Waals surface area contributed by atoms with Crippen molar-refractivity contribution in [2.24, 2.45) is 0 Å². The summed E-state index contributed by atoms with van der Waals surface area (Å²) < 4.78 is 11.6. The van der Waals surface area contributed by atoms with E-state index >= 15 is 0 Å². The van der Waals surface area contributed by atoms with Crippen molar-refractivity contribution >= 4 is 17.2 Å². The third kappa shape index (κ3) is 2.76. The first-order chi connectivity index (χ1) is 14.0. The Labute approximate surface area is 168 Å². The molecule has 1 aromatic carbocycles. The summed E-state index contributed by atoms with van der Waals surface area (Å²) in [5.41, 5.74) is 2.63. The molecule has 1 aromatic heterocycles. The van der Waals surface area contributed by atoms with Crippen molar-refractivity contribution < 1.29 is 14.4 Å². The van der Waals surface area contributed by atoms with Gasteiger partial charge in [-0.15, -0.1) is 0 Å². The molecule has 29 heavy (non-hydrogen) atoms. The molecule has 152 valence electrons. The van der Waals surface area contributed by atoms with Crippen molar-refractivity contribution in [2.75, 3.05) is 49.8 Å². The number of benzene rings is 1. The van der Waals surface area contributed by atoms with Crippen molar-refractivity contribution in [1.29, 1.82) is 0 Å². The SMILES string of the molecule is CN1c2c(N3CCOCC3)nc(-c3ccc([N+](=O)[O-])cc3)nc2C2(C)CCOC12. The highest BCUT2D eigenvalue weighted by molar-refractivity contribution is 5.78. The zero-order valence-electron chi connectivity index (χ0n) is 16.5. The van der Waals surface area contributed by atoms with Gasteiger partial charge in [-0.05, 0) is 25.5 Å². The largest absolute Gasteiger partial charge is 0.378 e. The molecule has 4 heterocycles. The Morgan fingerprint density at radius 2 is 1.90 bits per heavy atom. The van der Waals surface area contributed by atoms with Crippen molar-refractivity contribution in [3.05, 3.63) is 40.1 Å². The van der Waals surface area contributed by atoms with Crippen LogP contribution in [0, 0.1) is 10.1 Å². The molecule has 0 radical (unpaired) electrons. The van der Waals surface area contributed by atoms with E-state index in [-0.39, 0.29) is 17.3 Å². The number of nitro groups is 1. The molecule has 0 aliphatic carbocycles. The fraction of sp³-hybridized carbons (Fsp3) is 0.500. The molecule has 2 fully saturated rings. The third-order valence-electron chi connectivity index (χ3n) is 6.20. The van der Waals surface area contributed by atoms with Gasteiger partial charge >= 0.3 is 0 Å². The Balaban J connectivity index is 1.66. The van der Waals surface area contributed by atoms with Crippen LogP contribution in [0.4, 0.5) is 17.2 Å². The second-order valence-corrected chi connectivity index (χ2v) is 7.97. The maximum absolute atomic E-state index is 11.0. The summed E-state index contributed by atoms with van der Waals surface area (Å²) in [5, 5.41) is 11.0. The second-order valence-electron chi connectivity index (χ2n) is 7.97. The lowest BCUT2D eigenvalue weighted by atomic mass is 9.85. The summed E-state index contributed by atoms with van der Waals surface area (Å²) in [7, 11) is 2.04. The van der Waals surface area contributed by atoms with Crippen LogP contribution in [-0.4, -0.2) is 61.1 Å². The molecular formula is C20H23N5O4. The summed E-state index contributed by atoms with van der Waals surface area (Å²) in [4.78, 5) is 24.9. The van der Waals surface area contributed by atoms with Crippen LogP contribution in [0.5, 0.6) is 0 Å². The van der Waals surface area contributed by atoms with Gasteiger partial charge in [0.15, 0.2) is 11.6 Å². The summed E-state index contributed by atoms with van der Waals surface area (Å²) >= 11 is 0. The van der Waals surface area contributed by atoms with Crippen LogP contribution in [0.25, 0.3) is 11.4 Å². The number of ether oxygens (including phenoxy) is 2. The average molecular weight is 397 g/mol. The van der Waals surface area contributed by atoms with Crippen molar-refractivity contribution in [2.45, 2.75) is 25.0 Å². The summed E-state index contributed by atoms with van der Waals surface area (Å²) in [6, 6.07) is 6.42. The molecule has 0 spiro atoms. The molecular weight excluding hydrogens is 374 g/mol. The molecule has 0 N–H and O–H groups in total. The van der Waals surface area contributed by atoms with Gasteiger partial charge in [-0.2, -0.15) is 0 Å². The van der Waals surface area contributed by atoms with Gasteiger partial charge in [-0.1, -0.05) is 0 Å². The van der Waals surface area contributed by atoms with Crippen LogP contribution >= 0.6 is 0 Å². The van der Waals surface area contributed by atoms with Crippen molar-refractivity contribution in [3.63, 3.8) is 0 Å². The Kier molecular flexibility index (Phi) is 4.18. The molecule has 2 saturated heterocycles. The molecule has 0 saturated carbocycles. The summed E-state index contributed by atoms with van der Waals surface area (Å²) in [6.45, 7) is 5.75. The number of nitro benzene ring substituents is 1. The lowest BCUT2D eigenvalue weighted by molar-refractivity contribution is -0.384. The van der Waals surface area contributed by atoms with E-state index in [9.17, 15) is 10.1 Å². The summed E-state index contributed by atoms with van der Waals surface area (Å²) in [6.07, 6.45) is 0.840. The average Bonchev–Trinajstić information content (AvgIpc) is 3.24. The van der Waals surface area contributed by atoms with Gasteiger partial charge in [0.2, 0.25) is 0 Å². The minimum absolute atomic E-state index is 0.0549. The predicted octanol–water partition coefficient (Wildman–Crippen LogP) is 2.34. The zero-order chi connectivity index (χ0) is 20.2. The van der Waals surface area contributed by atoms with E-state index in [0.717, 1.165) is 42.3 Å². The Morgan fingerprint density at radius 3 is 2.59 bits per heavy atom. The molecule has 3 aliphatic rings. The topological polar surface area (TPSA) is 93.9 Å². The number of hydrogen-bond donors (Lipinski definition) is 0. The highest BCUT2D eigenvalue weighted by Gasteiger charge is 2.54. The minimum atomic E-state index is -0.400. The fourth-order valence-electron chi connectivity index (χ4n) is 4.60. The molecule has 0 amide bonds. The van der Waals surface area contributed by atoms with Crippen LogP contribution < -0.4 is 9.80 Å². The predicted molar refractivity (Wildman–Crippen MR) is 107 cm³/mol. The van der Waals surface area contributed by atoms with E-state index in [2.05, 4.69) is 16.7 Å². The third-order valence-corrected chi connectivity index (χ3v) is 6.20. The highest BCUT2D eigenvalue weighted by Crippen LogP contribution is 2.52. The van der Waals surface area contributed by atoms with Crippen LogP contribution in [0.15, 0.2) is 24.3 Å². The van der Waals surface area contributed by atoms with Gasteiger partial charge in [-0.25, -0.2) is 9.97 Å². The van der Waals surface area contributed by atoms with Gasteiger partial charge < -0.3 is 19.3 Å². The number of rotatable bonds is 3. The lowest BCUT2D eigenvalue weighted by Crippen LogP contribution is -2.39. The van der Waals surface area contributed by atoms with E-state index < -0.39 is 4.92 Å². The van der Waals surface area contributed by atoms with Gasteiger partial charge in [0, 0.05) is 37.8 Å². The number of morpholine rings is 1. The molecule has 2 unspecified atom stereocenters. The number of anilines is 2. The van der Waals surface area contributed by atoms with Crippen molar-refractivity contribution in [1.82, 2.24) is 9.97 Å². The van der Waals surface area contributed by atoms with Gasteiger partial charge in [0.05, 0.1) is 35.9 Å². The summed E-state index contributed by atoms with van der Waals surface area (Å²) in [5.74, 6) is 1.47. The van der Waals surface area contributed by atoms with Gasteiger partial charge in [0.25, 0.3) is 5.69 Å². The smallest absolute Gasteiger partial charge is 0.269 e. The van der Waals surface area contributed by atoms with Crippen LogP contribution in [0.1, 0.15) is 19.0 Å². The molecule has 5 rings (SSSR count). The first-order valence-electron chi connectivity index (χ1n) is 9.83. The molecule has 9 heteroatoms. The first kappa shape index (κ1) is 18.3. The van der Waals surface area contributed by atoms with E-state index in [1.807, 2.05) is 7.05 Å². The maximum atomic E-state index is 11.0. The minimum Gasteiger partial charge on any atom is -0.378 e. The van der Waals surface area contributed by atoms with E-state index in [0.29, 0.717) is 25.6 Å². The number of hydrogen-bond acceptors (Lipinski definition) is 8. The molecule has 3 aliphatic heterocycles. The quantitative estimate of drug-likeness (QED) is 0.575. The second kappa shape index (κ2) is 6.64. The number of nitrogens with zero attached hydrogens (tertiary/aromatic N) is 5. The number of fused-ring (bicyclic) bond motifs is 3. The Morgan fingerprint density at radius 1 is 1.17 bits per heavy atom. The first-order valence-corrected chi connectivity index (χ1v) is 9.83. The molecule has 9 nitrogen and oxygen atoms in total. The molecule has 2 atom stereocenters. The monoisotopic (exact) mass is 397 g/mol. The van der Waals surface area contributed by atoms with E-state index in [4.69, 9.17) is 19.4 Å². The normalized spacial score (nSPS) is 25.8. The number of non-ortho nitro benzene ring substituents is 1. The van der Waals surface area contributed by atoms with E-state index in [1.165, 1.54) is 12.1 Å². The Bertz CT molecular complexity index is 960. The molecule has 2 aromatic rings. The molecule has 0 bridgehead atoms. The van der Waals surface area contributed by atoms with E-state index in [1.54, 1.807) is 12.1 Å². The standard InChI is InChI=1S/C20H23N5O4/c1-20-7-10-29-19(20)23(2)15-16(20)21-17(13-3-5-14(6-4-13)25(26)27)22-18(15)24-8-11-28-12-9-24/h3-6,19H,7-12H2,1-2H3. The van der Waals surface area contributed by atoms with Gasteiger partial charge in [-0.3, -0.25) is 10.1 Å². The lowest BCUT2D eigenvalue weighted by Gasteiger charge is -2.31. The fourth-order valence-corrected chi connectivity index (χ4v) is 4.60. The number of likely N-dealkylation sites (N-methyl/N-ethyl adjacent to an activating group) is 1. The number of aromatic nitrogens is 2. The maximum Gasteiger partial charge on any atom is 0.269 e.